The Hall–Kier alpha value is -9.96. The van der Waals surface area contributed by atoms with E-state index in [-0.39, 0.29) is 27.8 Å². The van der Waals surface area contributed by atoms with Crippen molar-refractivity contribution in [2.45, 2.75) is 98.5 Å². The summed E-state index contributed by atoms with van der Waals surface area (Å²) in [4.78, 5) is 36.1. The van der Waals surface area contributed by atoms with Crippen LogP contribution in [0.1, 0.15) is 149 Å². The van der Waals surface area contributed by atoms with E-state index < -0.39 is 6.10 Å². The molecular weight excluding hydrogens is 1080 g/mol. The molecule has 3 aromatic heterocycles. The van der Waals surface area contributed by atoms with Gasteiger partial charge in [0.15, 0.2) is 5.78 Å². The minimum atomic E-state index is -0.512. The first kappa shape index (κ1) is 61.1. The fraction of sp³-hybridized carbons (Fsp3) is 0.190. The number of ketones is 1. The van der Waals surface area contributed by atoms with Gasteiger partial charge in [0.2, 0.25) is 0 Å². The number of benzene rings is 9. The van der Waals surface area contributed by atoms with Crippen molar-refractivity contribution in [3.63, 3.8) is 0 Å². The topological polar surface area (TPSA) is 144 Å². The van der Waals surface area contributed by atoms with Crippen molar-refractivity contribution in [1.82, 2.24) is 29.9 Å². The fourth-order valence-electron chi connectivity index (χ4n) is 10.5. The summed E-state index contributed by atoms with van der Waals surface area (Å²) >= 11 is 0. The molecule has 0 aliphatic carbocycles. The fourth-order valence-corrected chi connectivity index (χ4v) is 10.5. The number of phenols is 1. The summed E-state index contributed by atoms with van der Waals surface area (Å²) in [6, 6.07) is 67.2. The van der Waals surface area contributed by atoms with Crippen LogP contribution in [0.5, 0.6) is 5.75 Å². The van der Waals surface area contributed by atoms with Crippen LogP contribution in [0.3, 0.4) is 0 Å². The van der Waals surface area contributed by atoms with Gasteiger partial charge in [0.05, 0.1) is 39.2 Å². The number of aromatic hydroxyl groups is 1. The SMILES string of the molecule is CC(=O)c1ccccc1-c1ccc2nc(/C=C/c3ccc(C(C)(C)C)cc3)[nH]c2c1.CC(C)(C)c1ccc(/C=C/c2nc3ccc(-c4ccccc4O)cc3[nH]2)cc1.CC(O)c1ccccc1-c1ccc2nc(/C=C/c3ccc(C(C)(C)C)cc3)[nH]c2c1. The third kappa shape index (κ3) is 15.0. The highest BCUT2D eigenvalue weighted by atomic mass is 16.3. The van der Waals surface area contributed by atoms with E-state index in [0.717, 1.165) is 112 Å². The molecule has 1 atom stereocenters. The molecule has 9 heteroatoms. The second-order valence-corrected chi connectivity index (χ2v) is 25.6. The lowest BCUT2D eigenvalue weighted by Crippen LogP contribution is -2.10. The van der Waals surface area contributed by atoms with Crippen molar-refractivity contribution in [2.24, 2.45) is 0 Å². The van der Waals surface area contributed by atoms with Gasteiger partial charge in [-0.3, -0.25) is 4.79 Å². The van der Waals surface area contributed by atoms with Crippen LogP contribution in [0, 0.1) is 0 Å². The summed E-state index contributed by atoms with van der Waals surface area (Å²) in [6.07, 6.45) is 11.7. The number of para-hydroxylation sites is 1. The Morgan fingerprint density at radius 1 is 0.409 bits per heavy atom. The number of aromatic amines is 3. The molecule has 0 aliphatic heterocycles. The number of fused-ring (bicyclic) bond motifs is 3. The zero-order valence-electron chi connectivity index (χ0n) is 52.2. The van der Waals surface area contributed by atoms with E-state index in [4.69, 9.17) is 0 Å². The molecular formula is C79H78N6O3. The smallest absolute Gasteiger partial charge is 0.160 e. The molecule has 88 heavy (non-hydrogen) atoms. The van der Waals surface area contributed by atoms with Gasteiger partial charge in [-0.1, -0.05) is 238 Å². The molecule has 9 nitrogen and oxygen atoms in total. The molecule has 1 unspecified atom stereocenters. The lowest BCUT2D eigenvalue weighted by Gasteiger charge is -2.18. The van der Waals surface area contributed by atoms with Gasteiger partial charge < -0.3 is 25.2 Å². The first-order valence-electron chi connectivity index (χ1n) is 30.0. The Morgan fingerprint density at radius 3 is 1.10 bits per heavy atom. The van der Waals surface area contributed by atoms with E-state index >= 15 is 0 Å². The highest BCUT2D eigenvalue weighted by molar-refractivity contribution is 6.01. The number of nitrogens with one attached hydrogen (secondary N) is 3. The predicted molar refractivity (Wildman–Crippen MR) is 369 cm³/mol. The van der Waals surface area contributed by atoms with Crippen molar-refractivity contribution in [2.75, 3.05) is 0 Å². The molecule has 9 aromatic carbocycles. The highest BCUT2D eigenvalue weighted by Gasteiger charge is 2.17. The summed E-state index contributed by atoms with van der Waals surface area (Å²) in [6.45, 7) is 23.4. The van der Waals surface area contributed by atoms with Gasteiger partial charge in [-0.2, -0.15) is 0 Å². The maximum Gasteiger partial charge on any atom is 0.160 e. The number of aliphatic hydroxyl groups excluding tert-OH is 1. The van der Waals surface area contributed by atoms with Gasteiger partial charge in [-0.15, -0.1) is 0 Å². The molecule has 0 saturated heterocycles. The maximum absolute atomic E-state index is 12.0. The number of rotatable bonds is 11. The summed E-state index contributed by atoms with van der Waals surface area (Å²) in [7, 11) is 0. The van der Waals surface area contributed by atoms with Gasteiger partial charge in [0, 0.05) is 11.1 Å². The number of H-pyrrole nitrogens is 3. The van der Waals surface area contributed by atoms with E-state index in [1.165, 1.54) is 16.7 Å². The Morgan fingerprint density at radius 2 is 0.739 bits per heavy atom. The Bertz CT molecular complexity index is 4490. The zero-order chi connectivity index (χ0) is 62.3. The lowest BCUT2D eigenvalue weighted by molar-refractivity contribution is 0.101. The van der Waals surface area contributed by atoms with Crippen LogP contribution in [0.4, 0.5) is 0 Å². The second-order valence-electron chi connectivity index (χ2n) is 25.6. The average molecular weight is 1160 g/mol. The molecule has 12 aromatic rings. The van der Waals surface area contributed by atoms with Crippen LogP contribution < -0.4 is 0 Å². The summed E-state index contributed by atoms with van der Waals surface area (Å²) in [5, 5.41) is 20.2. The minimum Gasteiger partial charge on any atom is -0.507 e. The third-order valence-corrected chi connectivity index (χ3v) is 15.7. The zero-order valence-corrected chi connectivity index (χ0v) is 52.2. The first-order chi connectivity index (χ1) is 42.0. The molecule has 12 rings (SSSR count). The van der Waals surface area contributed by atoms with Crippen LogP contribution in [0.25, 0.3) is 103 Å². The minimum absolute atomic E-state index is 0.0661. The van der Waals surface area contributed by atoms with Crippen LogP contribution in [0.15, 0.2) is 200 Å². The molecule has 0 amide bonds. The lowest BCUT2D eigenvalue weighted by atomic mass is 9.87. The molecule has 442 valence electrons. The number of aromatic nitrogens is 6. The third-order valence-electron chi connectivity index (χ3n) is 15.7. The molecule has 0 aliphatic rings. The van der Waals surface area contributed by atoms with E-state index in [1.807, 2.05) is 121 Å². The average Bonchev–Trinajstić information content (AvgIpc) is 4.22. The molecule has 0 radical (unpaired) electrons. The van der Waals surface area contributed by atoms with Gasteiger partial charge in [0.1, 0.15) is 23.2 Å². The summed E-state index contributed by atoms with van der Waals surface area (Å²) < 4.78 is 0. The van der Waals surface area contributed by atoms with Gasteiger partial charge in [0.25, 0.3) is 0 Å². The van der Waals surface area contributed by atoms with Crippen LogP contribution in [0.2, 0.25) is 0 Å². The standard InChI is InChI=1S/C27H28N2O.C27H26N2O.C25H24N2O/c2*1-18(30)22-7-5-6-8-23(22)20-12-15-24-25(17-20)29-26(28-24)16-11-19-9-13-21(14-10-19)27(2,3)4;1-25(2,3)19-12-8-17(9-13-19)10-15-24-26-21-14-11-18(16-22(21)27-24)20-6-4-5-7-23(20)28/h5-18,30H,1-4H3,(H,28,29);5-17H,1-4H3,(H,28,29);4-16,28H,1-3H3,(H,26,27)/b2*16-11+;15-10+. The quantitative estimate of drug-likeness (QED) is 0.0816. The van der Waals surface area contributed by atoms with Crippen LogP contribution in [-0.2, 0) is 16.2 Å². The highest BCUT2D eigenvalue weighted by Crippen LogP contribution is 2.34. The number of Topliss-reactive ketones (excluding diaryl/α,β-unsaturated/α-hetero) is 1. The molecule has 0 spiro atoms. The van der Waals surface area contributed by atoms with Gasteiger partial charge >= 0.3 is 0 Å². The number of carbonyl (C=O) groups excluding carboxylic acids is 1. The molecule has 3 heterocycles. The van der Waals surface area contributed by atoms with E-state index in [0.29, 0.717) is 0 Å². The number of carbonyl (C=O) groups is 1. The molecule has 0 fully saturated rings. The Kier molecular flexibility index (Phi) is 18.0. The number of hydrogen-bond acceptors (Lipinski definition) is 6. The van der Waals surface area contributed by atoms with Crippen molar-refractivity contribution in [3.05, 3.63) is 262 Å². The number of phenolic OH excluding ortho intramolecular Hbond substituents is 1. The monoisotopic (exact) mass is 1160 g/mol. The Labute approximate surface area is 517 Å². The van der Waals surface area contributed by atoms with Crippen molar-refractivity contribution in [1.29, 1.82) is 0 Å². The summed E-state index contributed by atoms with van der Waals surface area (Å²) in [5.41, 5.74) is 21.0. The normalized spacial score (nSPS) is 12.5. The summed E-state index contributed by atoms with van der Waals surface area (Å²) in [5.74, 6) is 2.79. The largest absolute Gasteiger partial charge is 0.507 e. The number of nitrogens with zero attached hydrogens (tertiary/aromatic N) is 3. The van der Waals surface area contributed by atoms with E-state index in [9.17, 15) is 15.0 Å². The second kappa shape index (κ2) is 25.9. The van der Waals surface area contributed by atoms with Crippen molar-refractivity contribution in [3.8, 4) is 39.1 Å². The van der Waals surface area contributed by atoms with Crippen LogP contribution >= 0.6 is 0 Å². The van der Waals surface area contributed by atoms with Crippen molar-refractivity contribution < 1.29 is 15.0 Å². The first-order valence-corrected chi connectivity index (χ1v) is 30.0. The van der Waals surface area contributed by atoms with Gasteiger partial charge in [-0.25, -0.2) is 15.0 Å². The molecule has 0 bridgehead atoms. The maximum atomic E-state index is 12.0. The number of aliphatic hydroxyl groups is 1. The predicted octanol–water partition coefficient (Wildman–Crippen LogP) is 20.1. The molecule has 5 N–H and O–H groups in total. The molecule has 0 saturated carbocycles. The van der Waals surface area contributed by atoms with E-state index in [2.05, 4.69) is 201 Å². The Balaban J connectivity index is 0.000000146. The van der Waals surface area contributed by atoms with Crippen molar-refractivity contribution >= 4 is 75.3 Å². The van der Waals surface area contributed by atoms with E-state index in [1.54, 1.807) is 19.9 Å². The van der Waals surface area contributed by atoms with Gasteiger partial charge in [-0.05, 0) is 158 Å². The number of hydrogen-bond donors (Lipinski definition) is 5. The number of imidazole rings is 3. The van der Waals surface area contributed by atoms with Crippen LogP contribution in [-0.4, -0.2) is 45.9 Å².